The zero-order valence-corrected chi connectivity index (χ0v) is 15.9. The van der Waals surface area contributed by atoms with Gasteiger partial charge < -0.3 is 4.74 Å². The summed E-state index contributed by atoms with van der Waals surface area (Å²) < 4.78 is 7.36. The third-order valence-electron chi connectivity index (χ3n) is 4.85. The number of halogens is 1. The summed E-state index contributed by atoms with van der Waals surface area (Å²) in [6.45, 7) is 0.185. The quantitative estimate of drug-likeness (QED) is 0.610. The number of rotatable bonds is 5. The molecule has 1 fully saturated rings. The molecule has 3 aromatic rings. The van der Waals surface area contributed by atoms with Crippen molar-refractivity contribution in [1.29, 1.82) is 0 Å². The molecule has 7 heteroatoms. The first-order valence-electron chi connectivity index (χ1n) is 8.43. The molecule has 1 aliphatic rings. The number of aryl methyl sites for hydroxylation is 1. The SMILES string of the molecule is Cn1cc(-c2nc(COC(=O)C3(c4ccc(Cl)cc4)CCC3)cs2)cn1. The van der Waals surface area contributed by atoms with Gasteiger partial charge in [0.05, 0.1) is 17.3 Å². The maximum atomic E-state index is 12.8. The first-order valence-corrected chi connectivity index (χ1v) is 9.69. The second kappa shape index (κ2) is 6.85. The van der Waals surface area contributed by atoms with Gasteiger partial charge in [-0.15, -0.1) is 11.3 Å². The highest BCUT2D eigenvalue weighted by molar-refractivity contribution is 7.13. The van der Waals surface area contributed by atoms with Gasteiger partial charge >= 0.3 is 5.97 Å². The van der Waals surface area contributed by atoms with Gasteiger partial charge in [0.2, 0.25) is 0 Å². The van der Waals surface area contributed by atoms with E-state index >= 15 is 0 Å². The van der Waals surface area contributed by atoms with Crippen LogP contribution in [-0.4, -0.2) is 20.7 Å². The summed E-state index contributed by atoms with van der Waals surface area (Å²) >= 11 is 7.49. The van der Waals surface area contributed by atoms with Crippen LogP contribution in [-0.2, 0) is 28.6 Å². The lowest BCUT2D eigenvalue weighted by Gasteiger charge is -2.39. The van der Waals surface area contributed by atoms with Gasteiger partial charge in [0.25, 0.3) is 0 Å². The molecule has 26 heavy (non-hydrogen) atoms. The zero-order chi connectivity index (χ0) is 18.1. The molecule has 1 aromatic carbocycles. The minimum Gasteiger partial charge on any atom is -0.458 e. The molecule has 0 spiro atoms. The fourth-order valence-electron chi connectivity index (χ4n) is 3.23. The summed E-state index contributed by atoms with van der Waals surface area (Å²) in [6, 6.07) is 7.49. The predicted octanol–water partition coefficient (Wildman–Crippen LogP) is 4.36. The van der Waals surface area contributed by atoms with Crippen LogP contribution >= 0.6 is 22.9 Å². The maximum absolute atomic E-state index is 12.8. The zero-order valence-electron chi connectivity index (χ0n) is 14.3. The van der Waals surface area contributed by atoms with E-state index in [4.69, 9.17) is 16.3 Å². The largest absolute Gasteiger partial charge is 0.458 e. The van der Waals surface area contributed by atoms with Crippen molar-refractivity contribution in [3.63, 3.8) is 0 Å². The lowest BCUT2D eigenvalue weighted by Crippen LogP contribution is -2.43. The Balaban J connectivity index is 1.45. The van der Waals surface area contributed by atoms with Crippen molar-refractivity contribution >= 4 is 28.9 Å². The van der Waals surface area contributed by atoms with E-state index in [9.17, 15) is 4.79 Å². The van der Waals surface area contributed by atoms with Crippen molar-refractivity contribution in [2.45, 2.75) is 31.3 Å². The van der Waals surface area contributed by atoms with Crippen molar-refractivity contribution in [2.24, 2.45) is 7.05 Å². The van der Waals surface area contributed by atoms with Crippen molar-refractivity contribution in [3.8, 4) is 10.6 Å². The highest BCUT2D eigenvalue weighted by Crippen LogP contribution is 2.45. The van der Waals surface area contributed by atoms with E-state index in [1.165, 1.54) is 11.3 Å². The molecule has 2 heterocycles. The normalized spacial score (nSPS) is 15.5. The van der Waals surface area contributed by atoms with E-state index in [0.29, 0.717) is 5.02 Å². The highest BCUT2D eigenvalue weighted by Gasteiger charge is 2.47. The smallest absolute Gasteiger partial charge is 0.316 e. The van der Waals surface area contributed by atoms with E-state index in [2.05, 4.69) is 10.1 Å². The second-order valence-electron chi connectivity index (χ2n) is 6.57. The summed E-state index contributed by atoms with van der Waals surface area (Å²) in [5, 5.41) is 7.62. The molecule has 0 amide bonds. The average Bonchev–Trinajstić information content (AvgIpc) is 3.22. The molecule has 0 atom stereocenters. The molecule has 1 saturated carbocycles. The minimum absolute atomic E-state index is 0.179. The molecule has 0 N–H and O–H groups in total. The summed E-state index contributed by atoms with van der Waals surface area (Å²) in [5.74, 6) is -0.179. The van der Waals surface area contributed by atoms with Crippen LogP contribution in [0.1, 0.15) is 30.5 Å². The Morgan fingerprint density at radius 2 is 2.12 bits per heavy atom. The number of thiazole rings is 1. The van der Waals surface area contributed by atoms with Crippen molar-refractivity contribution in [2.75, 3.05) is 0 Å². The van der Waals surface area contributed by atoms with Gasteiger partial charge in [-0.05, 0) is 30.5 Å². The van der Waals surface area contributed by atoms with Gasteiger partial charge in [0, 0.05) is 29.2 Å². The van der Waals surface area contributed by atoms with Crippen molar-refractivity contribution in [3.05, 3.63) is 58.3 Å². The second-order valence-corrected chi connectivity index (χ2v) is 7.86. The van der Waals surface area contributed by atoms with Crippen LogP contribution in [0.15, 0.2) is 42.0 Å². The molecule has 0 aliphatic heterocycles. The predicted molar refractivity (Wildman–Crippen MR) is 101 cm³/mol. The monoisotopic (exact) mass is 387 g/mol. The number of esters is 1. The van der Waals surface area contributed by atoms with Gasteiger partial charge in [-0.1, -0.05) is 30.2 Å². The van der Waals surface area contributed by atoms with E-state index < -0.39 is 5.41 Å². The molecule has 5 nitrogen and oxygen atoms in total. The minimum atomic E-state index is -0.535. The molecule has 4 rings (SSSR count). The summed E-state index contributed by atoms with van der Waals surface area (Å²) in [7, 11) is 1.87. The summed E-state index contributed by atoms with van der Waals surface area (Å²) in [6.07, 6.45) is 6.34. The fraction of sp³-hybridized carbons (Fsp3) is 0.316. The van der Waals surface area contributed by atoms with Crippen LogP contribution in [0, 0.1) is 0 Å². The Kier molecular flexibility index (Phi) is 4.54. The Labute approximate surface area is 160 Å². The van der Waals surface area contributed by atoms with Gasteiger partial charge in [0.15, 0.2) is 0 Å². The molecule has 0 unspecified atom stereocenters. The molecule has 134 valence electrons. The van der Waals surface area contributed by atoms with Crippen molar-refractivity contribution < 1.29 is 9.53 Å². The standard InChI is InChI=1S/C19H18ClN3O2S/c1-23-10-13(9-21-23)17-22-16(12-26-17)11-25-18(24)19(7-2-8-19)14-3-5-15(20)6-4-14/h3-6,9-10,12H,2,7-8,11H2,1H3. The Morgan fingerprint density at radius 3 is 2.73 bits per heavy atom. The summed E-state index contributed by atoms with van der Waals surface area (Å²) in [5.41, 5.74) is 2.17. The van der Waals surface area contributed by atoms with Gasteiger partial charge in [-0.3, -0.25) is 9.48 Å². The average molecular weight is 388 g/mol. The highest BCUT2D eigenvalue weighted by atomic mass is 35.5. The van der Waals surface area contributed by atoms with Crippen LogP contribution in [0.3, 0.4) is 0 Å². The molecule has 0 bridgehead atoms. The molecule has 1 aliphatic carbocycles. The van der Waals surface area contributed by atoms with Gasteiger partial charge in [-0.2, -0.15) is 5.10 Å². The Bertz CT molecular complexity index is 928. The molecule has 0 saturated heterocycles. The van der Waals surface area contributed by atoms with Crippen LogP contribution in [0.4, 0.5) is 0 Å². The van der Waals surface area contributed by atoms with Crippen LogP contribution in [0.25, 0.3) is 10.6 Å². The van der Waals surface area contributed by atoms with Gasteiger partial charge in [0.1, 0.15) is 11.6 Å². The van der Waals surface area contributed by atoms with E-state index in [1.54, 1.807) is 10.9 Å². The van der Waals surface area contributed by atoms with Crippen LogP contribution in [0.2, 0.25) is 5.02 Å². The Morgan fingerprint density at radius 1 is 1.35 bits per heavy atom. The number of carbonyl (C=O) groups excluding carboxylic acids is 1. The number of carbonyl (C=O) groups is 1. The van der Waals surface area contributed by atoms with Gasteiger partial charge in [-0.25, -0.2) is 4.98 Å². The molecular weight excluding hydrogens is 370 g/mol. The first kappa shape index (κ1) is 17.2. The number of nitrogens with zero attached hydrogens (tertiary/aromatic N) is 3. The molecular formula is C19H18ClN3O2S. The number of benzene rings is 1. The number of aromatic nitrogens is 3. The maximum Gasteiger partial charge on any atom is 0.316 e. The topological polar surface area (TPSA) is 57.0 Å². The van der Waals surface area contributed by atoms with Crippen LogP contribution in [0.5, 0.6) is 0 Å². The number of hydrogen-bond acceptors (Lipinski definition) is 5. The van der Waals surface area contributed by atoms with E-state index in [0.717, 1.165) is 41.1 Å². The van der Waals surface area contributed by atoms with E-state index in [-0.39, 0.29) is 12.6 Å². The third-order valence-corrected chi connectivity index (χ3v) is 6.04. The fourth-order valence-corrected chi connectivity index (χ4v) is 4.13. The number of ether oxygens (including phenoxy) is 1. The van der Waals surface area contributed by atoms with Crippen molar-refractivity contribution in [1.82, 2.24) is 14.8 Å². The number of hydrogen-bond donors (Lipinski definition) is 0. The third kappa shape index (κ3) is 3.15. The Hall–Kier alpha value is -2.18. The lowest BCUT2D eigenvalue weighted by atomic mass is 9.64. The molecule has 0 radical (unpaired) electrons. The first-order chi connectivity index (χ1) is 12.6. The van der Waals surface area contributed by atoms with E-state index in [1.807, 2.05) is 42.9 Å². The summed E-state index contributed by atoms with van der Waals surface area (Å²) in [4.78, 5) is 17.3. The molecule has 2 aromatic heterocycles. The van der Waals surface area contributed by atoms with Crippen LogP contribution < -0.4 is 0 Å². The lowest BCUT2D eigenvalue weighted by molar-refractivity contribution is -0.156.